The zero-order chi connectivity index (χ0) is 24.5. The van der Waals surface area contributed by atoms with Crippen molar-refractivity contribution in [1.82, 2.24) is 16.0 Å². The first kappa shape index (κ1) is 28.3. The number of aliphatic carboxylic acids is 2. The fourth-order valence-electron chi connectivity index (χ4n) is 2.68. The molecule has 5 unspecified atom stereocenters. The van der Waals surface area contributed by atoms with E-state index in [-0.39, 0.29) is 12.3 Å². The summed E-state index contributed by atoms with van der Waals surface area (Å²) >= 11 is 0. The van der Waals surface area contributed by atoms with Gasteiger partial charge in [-0.2, -0.15) is 0 Å². The summed E-state index contributed by atoms with van der Waals surface area (Å²) in [6.45, 7) is 8.08. The molecule has 0 radical (unpaired) electrons. The van der Waals surface area contributed by atoms with Gasteiger partial charge in [-0.1, -0.05) is 27.7 Å². The van der Waals surface area contributed by atoms with E-state index in [4.69, 9.17) is 10.8 Å². The van der Waals surface area contributed by atoms with Crippen LogP contribution in [0.25, 0.3) is 0 Å². The third-order valence-electron chi connectivity index (χ3n) is 4.36. The number of carbonyl (C=O) groups excluding carboxylic acids is 3. The molecular formula is C19H34N4O8. The average Bonchev–Trinajstić information content (AvgIpc) is 2.61. The molecule has 0 aliphatic heterocycles. The Balaban J connectivity index is 5.36. The minimum atomic E-state index is -1.51. The molecule has 12 heteroatoms. The Morgan fingerprint density at radius 1 is 0.806 bits per heavy atom. The summed E-state index contributed by atoms with van der Waals surface area (Å²) in [6, 6.07) is -5.24. The number of carbonyl (C=O) groups is 5. The lowest BCUT2D eigenvalue weighted by molar-refractivity contribution is -0.143. The van der Waals surface area contributed by atoms with Crippen LogP contribution in [0.4, 0.5) is 0 Å². The van der Waals surface area contributed by atoms with Gasteiger partial charge in [-0.3, -0.25) is 19.2 Å². The molecule has 12 nitrogen and oxygen atoms in total. The lowest BCUT2D eigenvalue weighted by atomic mass is 9.99. The zero-order valence-corrected chi connectivity index (χ0v) is 18.4. The monoisotopic (exact) mass is 446 g/mol. The minimum Gasteiger partial charge on any atom is -0.481 e. The van der Waals surface area contributed by atoms with E-state index in [0.29, 0.717) is 0 Å². The van der Waals surface area contributed by atoms with Gasteiger partial charge in [0.15, 0.2) is 0 Å². The number of nitrogens with one attached hydrogen (secondary N) is 3. The smallest absolute Gasteiger partial charge is 0.326 e. The van der Waals surface area contributed by atoms with Crippen molar-refractivity contribution in [2.75, 3.05) is 0 Å². The quantitative estimate of drug-likeness (QED) is 0.174. The van der Waals surface area contributed by atoms with E-state index in [1.165, 1.54) is 6.92 Å². The van der Waals surface area contributed by atoms with Gasteiger partial charge in [-0.25, -0.2) is 4.79 Å². The van der Waals surface area contributed by atoms with Crippen LogP contribution >= 0.6 is 0 Å². The first-order chi connectivity index (χ1) is 14.2. The van der Waals surface area contributed by atoms with Gasteiger partial charge < -0.3 is 37.0 Å². The maximum Gasteiger partial charge on any atom is 0.326 e. The second-order valence-electron chi connectivity index (χ2n) is 8.19. The molecule has 31 heavy (non-hydrogen) atoms. The van der Waals surface area contributed by atoms with E-state index in [2.05, 4.69) is 16.0 Å². The Hall–Kier alpha value is -2.73. The summed E-state index contributed by atoms with van der Waals surface area (Å²) in [5.74, 6) is -5.57. The Morgan fingerprint density at radius 3 is 1.68 bits per heavy atom. The highest BCUT2D eigenvalue weighted by atomic mass is 16.4. The SMILES string of the molecule is CC(C)CC(NC(=O)C(NC(=O)C(NC(=O)C(N)CC(=O)O)C(C)O)C(C)C)C(=O)O. The van der Waals surface area contributed by atoms with Gasteiger partial charge in [-0.05, 0) is 25.2 Å². The molecule has 0 rings (SSSR count). The molecule has 0 aliphatic rings. The molecule has 5 atom stereocenters. The lowest BCUT2D eigenvalue weighted by Gasteiger charge is -2.28. The first-order valence-electron chi connectivity index (χ1n) is 9.96. The van der Waals surface area contributed by atoms with Crippen LogP contribution in [0, 0.1) is 11.8 Å². The van der Waals surface area contributed by atoms with Gasteiger partial charge in [0.05, 0.1) is 18.6 Å². The average molecular weight is 447 g/mol. The second-order valence-corrected chi connectivity index (χ2v) is 8.19. The van der Waals surface area contributed by atoms with Crippen molar-refractivity contribution in [3.63, 3.8) is 0 Å². The van der Waals surface area contributed by atoms with Gasteiger partial charge >= 0.3 is 11.9 Å². The van der Waals surface area contributed by atoms with Crippen LogP contribution in [-0.4, -0.2) is 75.3 Å². The molecule has 0 spiro atoms. The topological polar surface area (TPSA) is 208 Å². The lowest BCUT2D eigenvalue weighted by Crippen LogP contribution is -2.60. The van der Waals surface area contributed by atoms with Crippen LogP contribution < -0.4 is 21.7 Å². The number of amides is 3. The summed E-state index contributed by atoms with van der Waals surface area (Å²) in [6.07, 6.45) is -1.87. The van der Waals surface area contributed by atoms with Crippen LogP contribution in [0.3, 0.4) is 0 Å². The van der Waals surface area contributed by atoms with Crippen LogP contribution in [0.5, 0.6) is 0 Å². The number of aliphatic hydroxyl groups is 1. The van der Waals surface area contributed by atoms with Crippen molar-refractivity contribution < 1.29 is 39.3 Å². The Morgan fingerprint density at radius 2 is 1.29 bits per heavy atom. The Kier molecular flexibility index (Phi) is 11.7. The number of nitrogens with two attached hydrogens (primary N) is 1. The van der Waals surface area contributed by atoms with Crippen molar-refractivity contribution in [3.8, 4) is 0 Å². The fraction of sp³-hybridized carbons (Fsp3) is 0.737. The van der Waals surface area contributed by atoms with Crippen LogP contribution in [-0.2, 0) is 24.0 Å². The van der Waals surface area contributed by atoms with E-state index in [1.54, 1.807) is 27.7 Å². The number of carboxylic acids is 2. The normalized spacial score (nSPS) is 16.0. The summed E-state index contributed by atoms with van der Waals surface area (Å²) in [4.78, 5) is 59.4. The van der Waals surface area contributed by atoms with E-state index >= 15 is 0 Å². The third kappa shape index (κ3) is 10.2. The van der Waals surface area contributed by atoms with Crippen LogP contribution in [0.15, 0.2) is 0 Å². The third-order valence-corrected chi connectivity index (χ3v) is 4.36. The number of hydrogen-bond acceptors (Lipinski definition) is 7. The number of carboxylic acid groups (broad SMARTS) is 2. The molecule has 0 heterocycles. The highest BCUT2D eigenvalue weighted by Crippen LogP contribution is 2.09. The fourth-order valence-corrected chi connectivity index (χ4v) is 2.68. The van der Waals surface area contributed by atoms with E-state index in [0.717, 1.165) is 0 Å². The summed E-state index contributed by atoms with van der Waals surface area (Å²) < 4.78 is 0. The number of rotatable bonds is 13. The highest BCUT2D eigenvalue weighted by molar-refractivity contribution is 5.95. The molecule has 0 aromatic rings. The van der Waals surface area contributed by atoms with Gasteiger partial charge in [0.1, 0.15) is 18.1 Å². The molecule has 178 valence electrons. The van der Waals surface area contributed by atoms with Crippen molar-refractivity contribution in [1.29, 1.82) is 0 Å². The van der Waals surface area contributed by atoms with Crippen molar-refractivity contribution in [2.45, 2.75) is 77.7 Å². The van der Waals surface area contributed by atoms with Crippen LogP contribution in [0.1, 0.15) is 47.5 Å². The molecule has 0 aliphatic carbocycles. The summed E-state index contributed by atoms with van der Waals surface area (Å²) in [7, 11) is 0. The minimum absolute atomic E-state index is 0.00154. The van der Waals surface area contributed by atoms with Gasteiger partial charge in [0.25, 0.3) is 0 Å². The molecule has 0 aromatic heterocycles. The standard InChI is InChI=1S/C19H34N4O8/c1-8(2)6-12(19(30)31)21-17(28)14(9(3)4)22-18(29)15(10(5)24)23-16(27)11(20)7-13(25)26/h8-12,14-15,24H,6-7,20H2,1-5H3,(H,21,28)(H,22,29)(H,23,27)(H,25,26)(H,30,31). The largest absolute Gasteiger partial charge is 0.481 e. The second kappa shape index (κ2) is 12.8. The molecule has 0 bridgehead atoms. The molecular weight excluding hydrogens is 412 g/mol. The Labute approximate surface area is 180 Å². The predicted octanol–water partition coefficient (Wildman–Crippen LogP) is -1.59. The molecule has 0 fully saturated rings. The molecule has 8 N–H and O–H groups in total. The predicted molar refractivity (Wildman–Crippen MR) is 110 cm³/mol. The first-order valence-corrected chi connectivity index (χ1v) is 9.96. The summed E-state index contributed by atoms with van der Waals surface area (Å²) in [5.41, 5.74) is 5.46. The highest BCUT2D eigenvalue weighted by Gasteiger charge is 2.34. The Bertz CT molecular complexity index is 665. The van der Waals surface area contributed by atoms with E-state index in [1.807, 2.05) is 0 Å². The van der Waals surface area contributed by atoms with Crippen molar-refractivity contribution >= 4 is 29.7 Å². The number of aliphatic hydroxyl groups excluding tert-OH is 1. The maximum absolute atomic E-state index is 12.6. The van der Waals surface area contributed by atoms with E-state index < -0.39 is 72.3 Å². The molecule has 0 aromatic carbocycles. The van der Waals surface area contributed by atoms with Crippen molar-refractivity contribution in [3.05, 3.63) is 0 Å². The maximum atomic E-state index is 12.6. The van der Waals surface area contributed by atoms with Crippen molar-refractivity contribution in [2.24, 2.45) is 17.6 Å². The van der Waals surface area contributed by atoms with Gasteiger partial charge in [0, 0.05) is 0 Å². The van der Waals surface area contributed by atoms with Gasteiger partial charge in [0.2, 0.25) is 17.7 Å². The van der Waals surface area contributed by atoms with Gasteiger partial charge in [-0.15, -0.1) is 0 Å². The van der Waals surface area contributed by atoms with E-state index in [9.17, 15) is 34.2 Å². The zero-order valence-electron chi connectivity index (χ0n) is 18.4. The number of hydrogen-bond donors (Lipinski definition) is 7. The molecule has 3 amide bonds. The van der Waals surface area contributed by atoms with Crippen LogP contribution in [0.2, 0.25) is 0 Å². The summed E-state index contributed by atoms with van der Waals surface area (Å²) in [5, 5.41) is 34.9. The molecule has 0 saturated carbocycles. The molecule has 0 saturated heterocycles.